The molecule has 0 aromatic heterocycles. The van der Waals surface area contributed by atoms with E-state index in [9.17, 15) is 4.79 Å². The van der Waals surface area contributed by atoms with Crippen LogP contribution in [0.15, 0.2) is 0 Å². The number of nitrogens with one attached hydrogen (secondary N) is 1. The van der Waals surface area contributed by atoms with Crippen molar-refractivity contribution >= 4 is 5.91 Å². The smallest absolute Gasteiger partial charge is 0.244 e. The molecule has 0 aromatic carbocycles. The van der Waals surface area contributed by atoms with Crippen LogP contribution in [0.5, 0.6) is 0 Å². The van der Waals surface area contributed by atoms with E-state index in [1.165, 1.54) is 12.8 Å². The standard InChI is InChI=1S/C12H21N3O/c1-9-13-12(5-6-12)11(16)15(9)8-7-14(2)10-3-4-10/h9-10,13H,3-8H2,1-2H3. The van der Waals surface area contributed by atoms with Crippen LogP contribution in [-0.4, -0.2) is 53.6 Å². The van der Waals surface area contributed by atoms with Gasteiger partial charge in [0.25, 0.3) is 0 Å². The van der Waals surface area contributed by atoms with Gasteiger partial charge in [0.05, 0.1) is 11.7 Å². The molecule has 0 radical (unpaired) electrons. The average molecular weight is 223 g/mol. The molecule has 1 atom stereocenters. The Kier molecular flexibility index (Phi) is 2.27. The van der Waals surface area contributed by atoms with Crippen molar-refractivity contribution in [2.24, 2.45) is 0 Å². The van der Waals surface area contributed by atoms with Gasteiger partial charge in [-0.3, -0.25) is 10.1 Å². The molecular weight excluding hydrogens is 202 g/mol. The fraction of sp³-hybridized carbons (Fsp3) is 0.917. The van der Waals surface area contributed by atoms with Gasteiger partial charge in [0.2, 0.25) is 5.91 Å². The quantitative estimate of drug-likeness (QED) is 0.749. The zero-order valence-electron chi connectivity index (χ0n) is 10.2. The van der Waals surface area contributed by atoms with Gasteiger partial charge in [0.1, 0.15) is 0 Å². The van der Waals surface area contributed by atoms with E-state index in [1.807, 2.05) is 4.90 Å². The first-order chi connectivity index (χ1) is 7.62. The predicted octanol–water partition coefficient (Wildman–Crippen LogP) is 0.391. The number of hydrogen-bond donors (Lipinski definition) is 1. The largest absolute Gasteiger partial charge is 0.325 e. The third-order valence-electron chi connectivity index (χ3n) is 4.24. The van der Waals surface area contributed by atoms with E-state index < -0.39 is 0 Å². The molecule has 90 valence electrons. The summed E-state index contributed by atoms with van der Waals surface area (Å²) < 4.78 is 0. The minimum atomic E-state index is -0.141. The Morgan fingerprint density at radius 1 is 1.50 bits per heavy atom. The van der Waals surface area contributed by atoms with Gasteiger partial charge in [-0.2, -0.15) is 0 Å². The zero-order valence-corrected chi connectivity index (χ0v) is 10.2. The summed E-state index contributed by atoms with van der Waals surface area (Å²) in [4.78, 5) is 16.5. The first-order valence-corrected chi connectivity index (χ1v) is 6.41. The molecule has 1 spiro atoms. The first kappa shape index (κ1) is 10.5. The Morgan fingerprint density at radius 2 is 2.19 bits per heavy atom. The van der Waals surface area contributed by atoms with Gasteiger partial charge in [-0.1, -0.05) is 0 Å². The van der Waals surface area contributed by atoms with Crippen LogP contribution in [0.3, 0.4) is 0 Å². The summed E-state index contributed by atoms with van der Waals surface area (Å²) in [6, 6.07) is 0.788. The third kappa shape index (κ3) is 1.64. The zero-order chi connectivity index (χ0) is 11.3. The van der Waals surface area contributed by atoms with E-state index in [1.54, 1.807) is 0 Å². The Labute approximate surface area is 97.0 Å². The molecule has 3 aliphatic rings. The lowest BCUT2D eigenvalue weighted by molar-refractivity contribution is -0.130. The number of nitrogens with zero attached hydrogens (tertiary/aromatic N) is 2. The lowest BCUT2D eigenvalue weighted by atomic mass is 10.3. The Bertz CT molecular complexity index is 309. The monoisotopic (exact) mass is 223 g/mol. The van der Waals surface area contributed by atoms with Crippen LogP contribution in [-0.2, 0) is 4.79 Å². The van der Waals surface area contributed by atoms with Gasteiger partial charge in [-0.25, -0.2) is 0 Å². The van der Waals surface area contributed by atoms with Crippen LogP contribution < -0.4 is 5.32 Å². The number of hydrogen-bond acceptors (Lipinski definition) is 3. The van der Waals surface area contributed by atoms with Crippen molar-refractivity contribution in [1.29, 1.82) is 0 Å². The molecule has 0 aromatic rings. The van der Waals surface area contributed by atoms with E-state index in [0.29, 0.717) is 5.91 Å². The summed E-state index contributed by atoms with van der Waals surface area (Å²) in [7, 11) is 2.17. The second-order valence-corrected chi connectivity index (χ2v) is 5.61. The Hall–Kier alpha value is -0.610. The molecule has 4 heteroatoms. The highest BCUT2D eigenvalue weighted by Gasteiger charge is 2.57. The molecule has 1 aliphatic heterocycles. The Balaban J connectivity index is 1.55. The minimum absolute atomic E-state index is 0.141. The normalized spacial score (nSPS) is 31.8. The predicted molar refractivity (Wildman–Crippen MR) is 61.9 cm³/mol. The summed E-state index contributed by atoms with van der Waals surface area (Å²) in [5.41, 5.74) is -0.141. The third-order valence-corrected chi connectivity index (χ3v) is 4.24. The van der Waals surface area contributed by atoms with Crippen molar-refractivity contribution in [2.45, 2.75) is 50.4 Å². The molecule has 1 heterocycles. The van der Waals surface area contributed by atoms with Gasteiger partial charge in [-0.05, 0) is 39.7 Å². The highest BCUT2D eigenvalue weighted by Crippen LogP contribution is 2.41. The molecule has 4 nitrogen and oxygen atoms in total. The van der Waals surface area contributed by atoms with E-state index in [0.717, 1.165) is 32.0 Å². The molecule has 2 saturated carbocycles. The number of carbonyl (C=O) groups is 1. The van der Waals surface area contributed by atoms with Crippen molar-refractivity contribution in [3.8, 4) is 0 Å². The van der Waals surface area contributed by atoms with Crippen molar-refractivity contribution in [3.05, 3.63) is 0 Å². The van der Waals surface area contributed by atoms with E-state index in [-0.39, 0.29) is 11.7 Å². The minimum Gasteiger partial charge on any atom is -0.325 e. The van der Waals surface area contributed by atoms with Crippen LogP contribution in [0.4, 0.5) is 0 Å². The summed E-state index contributed by atoms with van der Waals surface area (Å²) in [5, 5.41) is 3.43. The van der Waals surface area contributed by atoms with Crippen LogP contribution >= 0.6 is 0 Å². The van der Waals surface area contributed by atoms with Gasteiger partial charge in [0.15, 0.2) is 0 Å². The molecule has 1 saturated heterocycles. The van der Waals surface area contributed by atoms with Crippen molar-refractivity contribution in [2.75, 3.05) is 20.1 Å². The average Bonchev–Trinajstić information content (AvgIpc) is 3.11. The molecule has 3 fully saturated rings. The molecule has 1 unspecified atom stereocenters. The number of carbonyl (C=O) groups excluding carboxylic acids is 1. The Morgan fingerprint density at radius 3 is 2.69 bits per heavy atom. The summed E-state index contributed by atoms with van der Waals surface area (Å²) >= 11 is 0. The highest BCUT2D eigenvalue weighted by atomic mass is 16.2. The van der Waals surface area contributed by atoms with Crippen LogP contribution in [0, 0.1) is 0 Å². The lowest BCUT2D eigenvalue weighted by Gasteiger charge is -2.24. The lowest BCUT2D eigenvalue weighted by Crippen LogP contribution is -2.40. The van der Waals surface area contributed by atoms with E-state index >= 15 is 0 Å². The maximum absolute atomic E-state index is 12.1. The molecule has 2 aliphatic carbocycles. The summed E-state index contributed by atoms with van der Waals surface area (Å²) in [6.45, 7) is 3.99. The van der Waals surface area contributed by atoms with Crippen molar-refractivity contribution < 1.29 is 4.79 Å². The maximum atomic E-state index is 12.1. The number of amides is 1. The highest BCUT2D eigenvalue weighted by molar-refractivity contribution is 5.91. The number of likely N-dealkylation sites (N-methyl/N-ethyl adjacent to an activating group) is 1. The maximum Gasteiger partial charge on any atom is 0.244 e. The molecule has 1 amide bonds. The van der Waals surface area contributed by atoms with Crippen LogP contribution in [0.1, 0.15) is 32.6 Å². The fourth-order valence-electron chi connectivity index (χ4n) is 2.73. The fourth-order valence-corrected chi connectivity index (χ4v) is 2.73. The summed E-state index contributed by atoms with van der Waals surface area (Å²) in [6.07, 6.45) is 4.96. The SMILES string of the molecule is CC1NC2(CC2)C(=O)N1CCN(C)C1CC1. The van der Waals surface area contributed by atoms with E-state index in [4.69, 9.17) is 0 Å². The van der Waals surface area contributed by atoms with Crippen molar-refractivity contribution in [1.82, 2.24) is 15.1 Å². The van der Waals surface area contributed by atoms with E-state index in [2.05, 4.69) is 24.2 Å². The molecular formula is C12H21N3O. The second kappa shape index (κ2) is 3.44. The van der Waals surface area contributed by atoms with Crippen LogP contribution in [0.25, 0.3) is 0 Å². The van der Waals surface area contributed by atoms with Crippen LogP contribution in [0.2, 0.25) is 0 Å². The number of rotatable bonds is 4. The molecule has 3 rings (SSSR count). The molecule has 0 bridgehead atoms. The van der Waals surface area contributed by atoms with Crippen molar-refractivity contribution in [3.63, 3.8) is 0 Å². The second-order valence-electron chi connectivity index (χ2n) is 5.61. The topological polar surface area (TPSA) is 35.6 Å². The molecule has 1 N–H and O–H groups in total. The molecule has 16 heavy (non-hydrogen) atoms. The van der Waals surface area contributed by atoms with Gasteiger partial charge in [0, 0.05) is 19.1 Å². The van der Waals surface area contributed by atoms with Gasteiger partial charge >= 0.3 is 0 Å². The first-order valence-electron chi connectivity index (χ1n) is 6.41. The van der Waals surface area contributed by atoms with Gasteiger partial charge < -0.3 is 9.80 Å². The summed E-state index contributed by atoms with van der Waals surface area (Å²) in [5.74, 6) is 0.337. The van der Waals surface area contributed by atoms with Gasteiger partial charge in [-0.15, -0.1) is 0 Å².